The minimum atomic E-state index is -0.00444. The van der Waals surface area contributed by atoms with Crippen LogP contribution in [0.25, 0.3) is 0 Å². The van der Waals surface area contributed by atoms with Crippen LogP contribution in [-0.4, -0.2) is 30.7 Å². The number of carbonyl (C=O) groups is 2. The third kappa shape index (κ3) is 4.06. The van der Waals surface area contributed by atoms with Crippen LogP contribution in [0.2, 0.25) is 0 Å². The first-order valence-electron chi connectivity index (χ1n) is 4.72. The molecule has 1 unspecified atom stereocenters. The molecule has 0 bridgehead atoms. The molecule has 0 rings (SSSR count). The van der Waals surface area contributed by atoms with Crippen LogP contribution in [0.5, 0.6) is 0 Å². The monoisotopic (exact) mass is 185 g/mol. The number of ketones is 1. The Morgan fingerprint density at radius 2 is 2.00 bits per heavy atom. The van der Waals surface area contributed by atoms with Crippen LogP contribution < -0.4 is 0 Å². The van der Waals surface area contributed by atoms with Gasteiger partial charge in [0.25, 0.3) is 0 Å². The summed E-state index contributed by atoms with van der Waals surface area (Å²) in [6.07, 6.45) is 1.56. The van der Waals surface area contributed by atoms with Gasteiger partial charge in [0, 0.05) is 25.4 Å². The van der Waals surface area contributed by atoms with Gasteiger partial charge in [-0.15, -0.1) is 0 Å². The van der Waals surface area contributed by atoms with Crippen LogP contribution in [0.3, 0.4) is 0 Å². The summed E-state index contributed by atoms with van der Waals surface area (Å²) in [6.45, 7) is 6.30. The lowest BCUT2D eigenvalue weighted by Gasteiger charge is -2.20. The number of hydrogen-bond donors (Lipinski definition) is 0. The molecule has 0 aliphatic heterocycles. The molecule has 0 N–H and O–H groups in total. The maximum atomic E-state index is 11.6. The number of Topliss-reactive ketones (excluding diaryl/α,β-unsaturated/α-hetero) is 1. The summed E-state index contributed by atoms with van der Waals surface area (Å²) in [5.41, 5.74) is 0. The van der Waals surface area contributed by atoms with E-state index in [1.54, 1.807) is 7.05 Å². The lowest BCUT2D eigenvalue weighted by atomic mass is 9.93. The lowest BCUT2D eigenvalue weighted by molar-refractivity contribution is -0.127. The van der Waals surface area contributed by atoms with Crippen LogP contribution in [0.4, 0.5) is 0 Å². The van der Waals surface area contributed by atoms with Crippen molar-refractivity contribution in [2.75, 3.05) is 13.6 Å². The van der Waals surface area contributed by atoms with Gasteiger partial charge in [0.15, 0.2) is 0 Å². The Balaban J connectivity index is 4.17. The van der Waals surface area contributed by atoms with Crippen molar-refractivity contribution in [1.29, 1.82) is 0 Å². The molecular weight excluding hydrogens is 166 g/mol. The first kappa shape index (κ1) is 12.1. The zero-order valence-corrected chi connectivity index (χ0v) is 8.91. The van der Waals surface area contributed by atoms with E-state index < -0.39 is 0 Å². The molecule has 1 atom stereocenters. The SMILES string of the molecule is CCC(CN(C)C=O)C(=O)C(C)C. The molecule has 0 fully saturated rings. The van der Waals surface area contributed by atoms with E-state index in [9.17, 15) is 9.59 Å². The molecule has 0 aromatic heterocycles. The second-order valence-electron chi connectivity index (χ2n) is 3.71. The summed E-state index contributed by atoms with van der Waals surface area (Å²) in [4.78, 5) is 23.5. The van der Waals surface area contributed by atoms with Gasteiger partial charge in [-0.1, -0.05) is 20.8 Å². The third-order valence-electron chi connectivity index (χ3n) is 2.15. The standard InChI is InChI=1S/C10H19NO2/c1-5-9(6-11(4)7-12)10(13)8(2)3/h7-9H,5-6H2,1-4H3. The molecule has 3 heteroatoms. The second kappa shape index (κ2) is 5.73. The molecule has 0 aliphatic carbocycles. The van der Waals surface area contributed by atoms with Gasteiger partial charge in [0.1, 0.15) is 5.78 Å². The lowest BCUT2D eigenvalue weighted by Crippen LogP contribution is -2.31. The van der Waals surface area contributed by atoms with E-state index >= 15 is 0 Å². The van der Waals surface area contributed by atoms with Crippen LogP contribution >= 0.6 is 0 Å². The van der Waals surface area contributed by atoms with E-state index in [0.717, 1.165) is 12.8 Å². The zero-order chi connectivity index (χ0) is 10.4. The number of rotatable bonds is 6. The molecule has 76 valence electrons. The minimum absolute atomic E-state index is 0.00444. The molecule has 13 heavy (non-hydrogen) atoms. The number of carbonyl (C=O) groups excluding carboxylic acids is 2. The first-order chi connectivity index (χ1) is 6.02. The quantitative estimate of drug-likeness (QED) is 0.585. The molecular formula is C10H19NO2. The van der Waals surface area contributed by atoms with E-state index in [4.69, 9.17) is 0 Å². The fourth-order valence-corrected chi connectivity index (χ4v) is 1.28. The van der Waals surface area contributed by atoms with E-state index in [0.29, 0.717) is 6.54 Å². The predicted molar refractivity (Wildman–Crippen MR) is 52.3 cm³/mol. The average molecular weight is 185 g/mol. The summed E-state index contributed by atoms with van der Waals surface area (Å²) in [6, 6.07) is 0. The predicted octanol–water partition coefficient (Wildman–Crippen LogP) is 1.33. The summed E-state index contributed by atoms with van der Waals surface area (Å²) in [7, 11) is 1.70. The third-order valence-corrected chi connectivity index (χ3v) is 2.15. The van der Waals surface area contributed by atoms with Gasteiger partial charge in [-0.25, -0.2) is 0 Å². The molecule has 0 spiro atoms. The van der Waals surface area contributed by atoms with E-state index in [-0.39, 0.29) is 17.6 Å². The van der Waals surface area contributed by atoms with Gasteiger partial charge in [-0.2, -0.15) is 0 Å². The van der Waals surface area contributed by atoms with Crippen LogP contribution in [0.15, 0.2) is 0 Å². The van der Waals surface area contributed by atoms with Crippen LogP contribution in [0, 0.1) is 11.8 Å². The highest BCUT2D eigenvalue weighted by Gasteiger charge is 2.20. The fraction of sp³-hybridized carbons (Fsp3) is 0.800. The molecule has 0 aromatic rings. The van der Waals surface area contributed by atoms with Crippen LogP contribution in [0.1, 0.15) is 27.2 Å². The smallest absolute Gasteiger partial charge is 0.209 e. The van der Waals surface area contributed by atoms with Crippen molar-refractivity contribution in [1.82, 2.24) is 4.90 Å². The molecule has 0 saturated carbocycles. The van der Waals surface area contributed by atoms with Crippen molar-refractivity contribution < 1.29 is 9.59 Å². The van der Waals surface area contributed by atoms with E-state index in [2.05, 4.69) is 0 Å². The van der Waals surface area contributed by atoms with Gasteiger partial charge in [-0.3, -0.25) is 9.59 Å². The number of amides is 1. The fourth-order valence-electron chi connectivity index (χ4n) is 1.28. The Morgan fingerprint density at radius 1 is 1.46 bits per heavy atom. The molecule has 1 amide bonds. The highest BCUT2D eigenvalue weighted by molar-refractivity contribution is 5.83. The Labute approximate surface area is 80.1 Å². The minimum Gasteiger partial charge on any atom is -0.348 e. The van der Waals surface area contributed by atoms with Crippen molar-refractivity contribution in [3.63, 3.8) is 0 Å². The zero-order valence-electron chi connectivity index (χ0n) is 8.91. The van der Waals surface area contributed by atoms with Gasteiger partial charge >= 0.3 is 0 Å². The molecule has 3 nitrogen and oxygen atoms in total. The second-order valence-corrected chi connectivity index (χ2v) is 3.71. The molecule has 0 aliphatic rings. The van der Waals surface area contributed by atoms with Crippen molar-refractivity contribution in [3.05, 3.63) is 0 Å². The highest BCUT2D eigenvalue weighted by Crippen LogP contribution is 2.11. The highest BCUT2D eigenvalue weighted by atomic mass is 16.1. The Hall–Kier alpha value is -0.860. The van der Waals surface area contributed by atoms with Crippen LogP contribution in [-0.2, 0) is 9.59 Å². The maximum Gasteiger partial charge on any atom is 0.209 e. The Morgan fingerprint density at radius 3 is 2.31 bits per heavy atom. The topological polar surface area (TPSA) is 37.4 Å². The van der Waals surface area contributed by atoms with Crippen molar-refractivity contribution in [2.24, 2.45) is 11.8 Å². The van der Waals surface area contributed by atoms with Crippen molar-refractivity contribution in [2.45, 2.75) is 27.2 Å². The normalized spacial score (nSPS) is 12.7. The molecule has 0 heterocycles. The number of nitrogens with zero attached hydrogens (tertiary/aromatic N) is 1. The van der Waals surface area contributed by atoms with Gasteiger partial charge in [-0.05, 0) is 6.42 Å². The summed E-state index contributed by atoms with van der Waals surface area (Å²) in [5.74, 6) is 0.302. The average Bonchev–Trinajstić information content (AvgIpc) is 2.12. The summed E-state index contributed by atoms with van der Waals surface area (Å²) in [5, 5.41) is 0. The van der Waals surface area contributed by atoms with Gasteiger partial charge < -0.3 is 4.90 Å². The maximum absolute atomic E-state index is 11.6. The molecule has 0 radical (unpaired) electrons. The largest absolute Gasteiger partial charge is 0.348 e. The van der Waals surface area contributed by atoms with E-state index in [1.807, 2.05) is 20.8 Å². The Kier molecular flexibility index (Phi) is 5.35. The summed E-state index contributed by atoms with van der Waals surface area (Å²) >= 11 is 0. The Bertz CT molecular complexity index is 178. The van der Waals surface area contributed by atoms with Gasteiger partial charge in [0.05, 0.1) is 0 Å². The van der Waals surface area contributed by atoms with Gasteiger partial charge in [0.2, 0.25) is 6.41 Å². The van der Waals surface area contributed by atoms with E-state index in [1.165, 1.54) is 4.90 Å². The summed E-state index contributed by atoms with van der Waals surface area (Å²) < 4.78 is 0. The first-order valence-corrected chi connectivity index (χ1v) is 4.72. The van der Waals surface area contributed by atoms with Crippen molar-refractivity contribution in [3.8, 4) is 0 Å². The molecule has 0 aromatic carbocycles. The van der Waals surface area contributed by atoms with Crippen molar-refractivity contribution >= 4 is 12.2 Å². The number of hydrogen-bond acceptors (Lipinski definition) is 2. The molecule has 0 saturated heterocycles.